The van der Waals surface area contributed by atoms with Crippen molar-refractivity contribution in [3.8, 4) is 0 Å². The van der Waals surface area contributed by atoms with E-state index in [1.54, 1.807) is 0 Å². The summed E-state index contributed by atoms with van der Waals surface area (Å²) < 4.78 is 10.1. The van der Waals surface area contributed by atoms with Gasteiger partial charge in [-0.2, -0.15) is 0 Å². The molecule has 0 aromatic carbocycles. The van der Waals surface area contributed by atoms with E-state index in [0.717, 1.165) is 24.7 Å². The summed E-state index contributed by atoms with van der Waals surface area (Å²) in [6, 6.07) is 0. The summed E-state index contributed by atoms with van der Waals surface area (Å²) in [5, 5.41) is 0. The molecule has 0 atom stereocenters. The quantitative estimate of drug-likeness (QED) is 0.381. The molecule has 0 unspecified atom stereocenters. The molecule has 0 N–H and O–H groups in total. The van der Waals surface area contributed by atoms with Crippen LogP contribution in [0.25, 0.3) is 0 Å². The van der Waals surface area contributed by atoms with E-state index in [0.29, 0.717) is 6.61 Å². The highest BCUT2D eigenvalue weighted by atomic mass is 16.6. The molecule has 0 saturated carbocycles. The van der Waals surface area contributed by atoms with E-state index >= 15 is 0 Å². The first-order valence-corrected chi connectivity index (χ1v) is 4.60. The molecule has 0 fully saturated rings. The lowest BCUT2D eigenvalue weighted by Gasteiger charge is -2.11. The molecule has 1 aliphatic carbocycles. The average molecular weight is 194 g/mol. The molecule has 0 amide bonds. The van der Waals surface area contributed by atoms with Crippen LogP contribution in [0.5, 0.6) is 0 Å². The minimum atomic E-state index is -0.411. The highest BCUT2D eigenvalue weighted by Gasteiger charge is 2.00. The molecule has 0 aromatic heterocycles. The summed E-state index contributed by atoms with van der Waals surface area (Å²) in [4.78, 5) is 10.6. The second-order valence-electron chi connectivity index (χ2n) is 2.82. The van der Waals surface area contributed by atoms with Gasteiger partial charge in [-0.25, -0.2) is 4.79 Å². The Morgan fingerprint density at radius 1 is 1.57 bits per heavy atom. The first kappa shape index (κ1) is 10.6. The summed E-state index contributed by atoms with van der Waals surface area (Å²) in [6.45, 7) is 3.97. The van der Waals surface area contributed by atoms with Crippen LogP contribution < -0.4 is 0 Å². The first-order valence-electron chi connectivity index (χ1n) is 4.60. The fraction of sp³-hybridized carbons (Fsp3) is 0.364. The molecule has 0 heterocycles. The predicted molar refractivity (Wildman–Crippen MR) is 53.6 cm³/mol. The maximum Gasteiger partial charge on any atom is 0.330 e. The summed E-state index contributed by atoms with van der Waals surface area (Å²) in [5.74, 6) is 0.535. The zero-order valence-corrected chi connectivity index (χ0v) is 8.07. The van der Waals surface area contributed by atoms with Crippen LogP contribution in [0, 0.1) is 0 Å². The van der Waals surface area contributed by atoms with Crippen molar-refractivity contribution in [1.29, 1.82) is 0 Å². The minimum Gasteiger partial charge on any atom is -0.494 e. The van der Waals surface area contributed by atoms with E-state index in [-0.39, 0.29) is 6.61 Å². The Balaban J connectivity index is 2.09. The Morgan fingerprint density at radius 2 is 2.43 bits per heavy atom. The molecule has 76 valence electrons. The second kappa shape index (κ2) is 6.02. The van der Waals surface area contributed by atoms with Crippen LogP contribution in [-0.4, -0.2) is 19.2 Å². The number of rotatable bonds is 5. The van der Waals surface area contributed by atoms with Crippen molar-refractivity contribution in [2.45, 2.75) is 12.8 Å². The first-order chi connectivity index (χ1) is 6.83. The predicted octanol–water partition coefficient (Wildman–Crippen LogP) is 1.97. The summed E-state index contributed by atoms with van der Waals surface area (Å²) in [7, 11) is 0. The number of ether oxygens (including phenoxy) is 2. The normalized spacial score (nSPS) is 14.4. The molecule has 1 aliphatic rings. The number of hydrogen-bond donors (Lipinski definition) is 0. The zero-order chi connectivity index (χ0) is 10.2. The van der Waals surface area contributed by atoms with Crippen molar-refractivity contribution < 1.29 is 14.3 Å². The van der Waals surface area contributed by atoms with Gasteiger partial charge in [0.25, 0.3) is 0 Å². The van der Waals surface area contributed by atoms with Crippen molar-refractivity contribution in [1.82, 2.24) is 0 Å². The third-order valence-corrected chi connectivity index (χ3v) is 1.76. The summed E-state index contributed by atoms with van der Waals surface area (Å²) in [6.07, 6.45) is 9.06. The van der Waals surface area contributed by atoms with Crippen LogP contribution >= 0.6 is 0 Å². The molecule has 1 rings (SSSR count). The number of carbonyl (C=O) groups is 1. The summed E-state index contributed by atoms with van der Waals surface area (Å²) >= 11 is 0. The Labute approximate surface area is 83.7 Å². The molecule has 0 aliphatic heterocycles. The number of allylic oxidation sites excluding steroid dienone is 4. The third-order valence-electron chi connectivity index (χ3n) is 1.76. The van der Waals surface area contributed by atoms with Crippen LogP contribution in [0.15, 0.2) is 36.6 Å². The third kappa shape index (κ3) is 3.94. The van der Waals surface area contributed by atoms with Crippen molar-refractivity contribution in [3.63, 3.8) is 0 Å². The minimum absolute atomic E-state index is 0.270. The van der Waals surface area contributed by atoms with Crippen LogP contribution in [0.3, 0.4) is 0 Å². The average Bonchev–Trinajstić information content (AvgIpc) is 2.25. The van der Waals surface area contributed by atoms with Crippen LogP contribution in [0.1, 0.15) is 12.8 Å². The van der Waals surface area contributed by atoms with Gasteiger partial charge in [0, 0.05) is 12.5 Å². The molecular formula is C11H14O3. The van der Waals surface area contributed by atoms with E-state index in [9.17, 15) is 4.79 Å². The fourth-order valence-corrected chi connectivity index (χ4v) is 1.07. The van der Waals surface area contributed by atoms with Crippen molar-refractivity contribution >= 4 is 5.97 Å². The van der Waals surface area contributed by atoms with Crippen molar-refractivity contribution in [3.05, 3.63) is 36.6 Å². The van der Waals surface area contributed by atoms with Gasteiger partial charge >= 0.3 is 5.97 Å². The van der Waals surface area contributed by atoms with Crippen molar-refractivity contribution in [2.75, 3.05) is 13.2 Å². The Morgan fingerprint density at radius 3 is 3.07 bits per heavy atom. The molecule has 14 heavy (non-hydrogen) atoms. The van der Waals surface area contributed by atoms with Gasteiger partial charge < -0.3 is 9.47 Å². The highest BCUT2D eigenvalue weighted by molar-refractivity contribution is 5.81. The molecular weight excluding hydrogens is 180 g/mol. The summed E-state index contributed by atoms with van der Waals surface area (Å²) in [5.41, 5.74) is 0. The van der Waals surface area contributed by atoms with Crippen LogP contribution in [0.4, 0.5) is 0 Å². The molecule has 0 aromatic rings. The van der Waals surface area contributed by atoms with E-state index in [2.05, 4.69) is 12.7 Å². The number of esters is 1. The van der Waals surface area contributed by atoms with Gasteiger partial charge in [-0.3, -0.25) is 0 Å². The van der Waals surface area contributed by atoms with Gasteiger partial charge in [0.05, 0.1) is 5.76 Å². The maximum absolute atomic E-state index is 10.6. The van der Waals surface area contributed by atoms with E-state index < -0.39 is 5.97 Å². The van der Waals surface area contributed by atoms with Gasteiger partial charge in [-0.05, 0) is 12.5 Å². The van der Waals surface area contributed by atoms with E-state index in [1.807, 2.05) is 12.2 Å². The fourth-order valence-electron chi connectivity index (χ4n) is 1.07. The molecule has 0 saturated heterocycles. The SMILES string of the molecule is C=CC(=O)OCCOC1=CC=CCC1. The maximum atomic E-state index is 10.6. The van der Waals surface area contributed by atoms with Gasteiger partial charge in [-0.15, -0.1) is 0 Å². The standard InChI is InChI=1S/C11H14O3/c1-2-11(12)14-9-8-13-10-6-4-3-5-7-10/h2-4,6H,1,5,7-9H2. The lowest BCUT2D eigenvalue weighted by molar-refractivity contribution is -0.138. The van der Waals surface area contributed by atoms with Crippen molar-refractivity contribution in [2.24, 2.45) is 0 Å². The van der Waals surface area contributed by atoms with Crippen LogP contribution in [0.2, 0.25) is 0 Å². The zero-order valence-electron chi connectivity index (χ0n) is 8.07. The molecule has 0 radical (unpaired) electrons. The molecule has 3 nitrogen and oxygen atoms in total. The Hall–Kier alpha value is -1.51. The second-order valence-corrected chi connectivity index (χ2v) is 2.82. The van der Waals surface area contributed by atoms with Gasteiger partial charge in [0.15, 0.2) is 0 Å². The monoisotopic (exact) mass is 194 g/mol. The molecule has 0 spiro atoms. The molecule has 3 heteroatoms. The highest BCUT2D eigenvalue weighted by Crippen LogP contribution is 2.12. The van der Waals surface area contributed by atoms with E-state index in [4.69, 9.17) is 9.47 Å². The smallest absolute Gasteiger partial charge is 0.330 e. The molecule has 0 bridgehead atoms. The lowest BCUT2D eigenvalue weighted by atomic mass is 10.2. The van der Waals surface area contributed by atoms with Crippen LogP contribution in [-0.2, 0) is 14.3 Å². The van der Waals surface area contributed by atoms with Gasteiger partial charge in [0.2, 0.25) is 0 Å². The Bertz CT molecular complexity index is 264. The Kier molecular flexibility index (Phi) is 4.55. The van der Waals surface area contributed by atoms with E-state index in [1.165, 1.54) is 0 Å². The van der Waals surface area contributed by atoms with Gasteiger partial charge in [-0.1, -0.05) is 18.7 Å². The number of hydrogen-bond acceptors (Lipinski definition) is 3. The topological polar surface area (TPSA) is 35.5 Å². The lowest BCUT2D eigenvalue weighted by Crippen LogP contribution is -2.08. The number of carbonyl (C=O) groups excluding carboxylic acids is 1. The largest absolute Gasteiger partial charge is 0.494 e. The van der Waals surface area contributed by atoms with Gasteiger partial charge in [0.1, 0.15) is 13.2 Å².